The first-order valence-corrected chi connectivity index (χ1v) is 5.03. The quantitative estimate of drug-likeness (QED) is 0.812. The van der Waals surface area contributed by atoms with E-state index < -0.39 is 0 Å². The van der Waals surface area contributed by atoms with Gasteiger partial charge in [0.15, 0.2) is 0 Å². The monoisotopic (exact) mass is 202 g/mol. The van der Waals surface area contributed by atoms with Gasteiger partial charge in [-0.05, 0) is 31.0 Å². The fraction of sp³-hybridized carbons (Fsp3) is 0.250. The molecular weight excluding hydrogens is 188 g/mol. The summed E-state index contributed by atoms with van der Waals surface area (Å²) in [7, 11) is 0. The SMILES string of the molecule is CCn1cc(-c2cccc(O)c2C)cn1. The van der Waals surface area contributed by atoms with E-state index in [0.717, 1.165) is 23.2 Å². The van der Waals surface area contributed by atoms with E-state index in [9.17, 15) is 5.11 Å². The van der Waals surface area contributed by atoms with Crippen LogP contribution in [-0.2, 0) is 6.54 Å². The van der Waals surface area contributed by atoms with E-state index in [0.29, 0.717) is 5.75 Å². The lowest BCUT2D eigenvalue weighted by Crippen LogP contribution is -1.92. The van der Waals surface area contributed by atoms with E-state index >= 15 is 0 Å². The number of aromatic nitrogens is 2. The average Bonchev–Trinajstić information content (AvgIpc) is 2.70. The smallest absolute Gasteiger partial charge is 0.119 e. The number of aryl methyl sites for hydroxylation is 1. The molecule has 0 atom stereocenters. The molecule has 3 nitrogen and oxygen atoms in total. The first kappa shape index (κ1) is 9.77. The number of benzene rings is 1. The minimum absolute atomic E-state index is 0.330. The van der Waals surface area contributed by atoms with Crippen molar-refractivity contribution in [2.45, 2.75) is 20.4 Å². The summed E-state index contributed by atoms with van der Waals surface area (Å²) >= 11 is 0. The molecule has 0 aliphatic heterocycles. The number of hydrogen-bond acceptors (Lipinski definition) is 2. The minimum atomic E-state index is 0.330. The molecule has 1 aromatic heterocycles. The second-order valence-corrected chi connectivity index (χ2v) is 3.53. The van der Waals surface area contributed by atoms with Crippen LogP contribution in [0, 0.1) is 6.92 Å². The molecule has 0 aliphatic rings. The molecule has 1 heterocycles. The van der Waals surface area contributed by atoms with Gasteiger partial charge in [-0.1, -0.05) is 12.1 Å². The first-order chi connectivity index (χ1) is 7.22. The highest BCUT2D eigenvalue weighted by Crippen LogP contribution is 2.28. The fourth-order valence-electron chi connectivity index (χ4n) is 1.61. The number of hydrogen-bond donors (Lipinski definition) is 1. The zero-order chi connectivity index (χ0) is 10.8. The minimum Gasteiger partial charge on any atom is -0.508 e. The van der Waals surface area contributed by atoms with E-state index in [4.69, 9.17) is 0 Å². The Morgan fingerprint density at radius 2 is 2.20 bits per heavy atom. The lowest BCUT2D eigenvalue weighted by Gasteiger charge is -2.04. The summed E-state index contributed by atoms with van der Waals surface area (Å²) in [5.74, 6) is 0.330. The predicted molar refractivity (Wildman–Crippen MR) is 59.7 cm³/mol. The molecule has 0 fully saturated rings. The maximum absolute atomic E-state index is 9.60. The summed E-state index contributed by atoms with van der Waals surface area (Å²) < 4.78 is 1.87. The van der Waals surface area contributed by atoms with Crippen molar-refractivity contribution in [2.24, 2.45) is 0 Å². The van der Waals surface area contributed by atoms with Gasteiger partial charge in [0.1, 0.15) is 5.75 Å². The normalized spacial score (nSPS) is 10.5. The second kappa shape index (κ2) is 3.77. The summed E-state index contributed by atoms with van der Waals surface area (Å²) in [6.07, 6.45) is 3.81. The largest absolute Gasteiger partial charge is 0.508 e. The van der Waals surface area contributed by atoms with Crippen molar-refractivity contribution >= 4 is 0 Å². The van der Waals surface area contributed by atoms with Gasteiger partial charge in [0.05, 0.1) is 6.20 Å². The van der Waals surface area contributed by atoms with E-state index in [1.165, 1.54) is 0 Å². The van der Waals surface area contributed by atoms with Crippen molar-refractivity contribution in [3.8, 4) is 16.9 Å². The van der Waals surface area contributed by atoms with Gasteiger partial charge in [-0.2, -0.15) is 5.10 Å². The van der Waals surface area contributed by atoms with Crippen LogP contribution >= 0.6 is 0 Å². The average molecular weight is 202 g/mol. The molecule has 2 rings (SSSR count). The zero-order valence-electron chi connectivity index (χ0n) is 8.94. The van der Waals surface area contributed by atoms with Crippen LogP contribution in [0.25, 0.3) is 11.1 Å². The number of rotatable bonds is 2. The Hall–Kier alpha value is -1.77. The maximum Gasteiger partial charge on any atom is 0.119 e. The Balaban J connectivity index is 2.49. The zero-order valence-corrected chi connectivity index (χ0v) is 8.94. The van der Waals surface area contributed by atoms with Crippen LogP contribution in [0.3, 0.4) is 0 Å². The Kier molecular flexibility index (Phi) is 2.46. The molecule has 3 heteroatoms. The van der Waals surface area contributed by atoms with Gasteiger partial charge in [0.2, 0.25) is 0 Å². The van der Waals surface area contributed by atoms with Gasteiger partial charge in [-0.3, -0.25) is 4.68 Å². The summed E-state index contributed by atoms with van der Waals surface area (Å²) in [6, 6.07) is 5.54. The van der Waals surface area contributed by atoms with Gasteiger partial charge in [0, 0.05) is 18.3 Å². The van der Waals surface area contributed by atoms with Gasteiger partial charge in [-0.25, -0.2) is 0 Å². The van der Waals surface area contributed by atoms with Crippen LogP contribution in [0.5, 0.6) is 5.75 Å². The topological polar surface area (TPSA) is 38.0 Å². The molecule has 78 valence electrons. The van der Waals surface area contributed by atoms with Gasteiger partial charge >= 0.3 is 0 Å². The number of nitrogens with zero attached hydrogens (tertiary/aromatic N) is 2. The van der Waals surface area contributed by atoms with E-state index in [1.54, 1.807) is 6.07 Å². The summed E-state index contributed by atoms with van der Waals surface area (Å²) in [5, 5.41) is 13.8. The van der Waals surface area contributed by atoms with Crippen molar-refractivity contribution in [1.29, 1.82) is 0 Å². The van der Waals surface area contributed by atoms with Crippen molar-refractivity contribution in [1.82, 2.24) is 9.78 Å². The summed E-state index contributed by atoms with van der Waals surface area (Å²) in [5.41, 5.74) is 2.98. The van der Waals surface area contributed by atoms with Gasteiger partial charge < -0.3 is 5.11 Å². The number of phenols is 1. The molecule has 15 heavy (non-hydrogen) atoms. The van der Waals surface area contributed by atoms with Crippen molar-refractivity contribution in [3.05, 3.63) is 36.2 Å². The van der Waals surface area contributed by atoms with Gasteiger partial charge in [-0.15, -0.1) is 0 Å². The lowest BCUT2D eigenvalue weighted by molar-refractivity contribution is 0.471. The molecule has 0 bridgehead atoms. The number of aromatic hydroxyl groups is 1. The highest BCUT2D eigenvalue weighted by Gasteiger charge is 2.06. The molecule has 0 aliphatic carbocycles. The van der Waals surface area contributed by atoms with Crippen molar-refractivity contribution < 1.29 is 5.11 Å². The molecule has 0 spiro atoms. The Morgan fingerprint density at radius 1 is 1.40 bits per heavy atom. The molecule has 0 unspecified atom stereocenters. The van der Waals surface area contributed by atoms with Crippen LogP contribution < -0.4 is 0 Å². The molecule has 0 saturated heterocycles. The molecule has 1 N–H and O–H groups in total. The molecule has 1 aromatic carbocycles. The third-order valence-electron chi connectivity index (χ3n) is 2.57. The summed E-state index contributed by atoms with van der Waals surface area (Å²) in [6.45, 7) is 4.82. The third kappa shape index (κ3) is 1.73. The molecule has 0 radical (unpaired) electrons. The van der Waals surface area contributed by atoms with Crippen LogP contribution in [0.1, 0.15) is 12.5 Å². The molecule has 0 saturated carbocycles. The van der Waals surface area contributed by atoms with Crippen LogP contribution in [0.2, 0.25) is 0 Å². The predicted octanol–water partition coefficient (Wildman–Crippen LogP) is 2.58. The Bertz CT molecular complexity index is 474. The first-order valence-electron chi connectivity index (χ1n) is 5.03. The second-order valence-electron chi connectivity index (χ2n) is 3.53. The van der Waals surface area contributed by atoms with Crippen LogP contribution in [0.15, 0.2) is 30.6 Å². The lowest BCUT2D eigenvalue weighted by atomic mass is 10.0. The highest BCUT2D eigenvalue weighted by molar-refractivity contribution is 5.68. The molecule has 2 aromatic rings. The maximum atomic E-state index is 9.60. The molecule has 0 amide bonds. The van der Waals surface area contributed by atoms with Gasteiger partial charge in [0.25, 0.3) is 0 Å². The number of phenolic OH excluding ortho intramolecular Hbond substituents is 1. The molecular formula is C12H14N2O. The van der Waals surface area contributed by atoms with Crippen molar-refractivity contribution in [2.75, 3.05) is 0 Å². The Morgan fingerprint density at radius 3 is 2.87 bits per heavy atom. The summed E-state index contributed by atoms with van der Waals surface area (Å²) in [4.78, 5) is 0. The van der Waals surface area contributed by atoms with E-state index in [-0.39, 0.29) is 0 Å². The van der Waals surface area contributed by atoms with Crippen LogP contribution in [-0.4, -0.2) is 14.9 Å². The van der Waals surface area contributed by atoms with Crippen LogP contribution in [0.4, 0.5) is 0 Å². The highest BCUT2D eigenvalue weighted by atomic mass is 16.3. The standard InChI is InChI=1S/C12H14N2O/c1-3-14-8-10(7-13-14)11-5-4-6-12(15)9(11)2/h4-8,15H,3H2,1-2H3. The van der Waals surface area contributed by atoms with Crippen molar-refractivity contribution in [3.63, 3.8) is 0 Å². The fourth-order valence-corrected chi connectivity index (χ4v) is 1.61. The Labute approximate surface area is 89.0 Å². The van der Waals surface area contributed by atoms with E-state index in [2.05, 4.69) is 5.10 Å². The third-order valence-corrected chi connectivity index (χ3v) is 2.57. The van der Waals surface area contributed by atoms with E-state index in [1.807, 2.05) is 43.1 Å².